The Morgan fingerprint density at radius 3 is 2.62 bits per heavy atom. The van der Waals surface area contributed by atoms with Crippen LogP contribution in [0, 0.1) is 6.92 Å². The van der Waals surface area contributed by atoms with E-state index in [1.54, 1.807) is 0 Å². The Morgan fingerprint density at radius 1 is 1.38 bits per heavy atom. The van der Waals surface area contributed by atoms with Crippen molar-refractivity contribution in [1.29, 1.82) is 0 Å². The third kappa shape index (κ3) is 3.20. The van der Waals surface area contributed by atoms with Crippen molar-refractivity contribution in [1.82, 2.24) is 4.90 Å². The van der Waals surface area contributed by atoms with Gasteiger partial charge in [0.15, 0.2) is 0 Å². The standard InChI is InChI=1S/C12H20N2O2/c1-9-4-5-10(6-7-16-13)12(15)11(9)8-14(2)3/h4-5,15H,6-8,13H2,1-3H3. The summed E-state index contributed by atoms with van der Waals surface area (Å²) in [7, 11) is 3.96. The van der Waals surface area contributed by atoms with Gasteiger partial charge < -0.3 is 14.8 Å². The third-order valence-corrected chi connectivity index (χ3v) is 2.56. The van der Waals surface area contributed by atoms with Gasteiger partial charge in [-0.1, -0.05) is 12.1 Å². The maximum atomic E-state index is 10.1. The van der Waals surface area contributed by atoms with Crippen LogP contribution in [0.5, 0.6) is 5.75 Å². The van der Waals surface area contributed by atoms with Crippen molar-refractivity contribution in [3.05, 3.63) is 28.8 Å². The number of nitrogens with two attached hydrogens (primary N) is 1. The predicted octanol–water partition coefficient (Wildman–Crippen LogP) is 1.20. The zero-order valence-electron chi connectivity index (χ0n) is 10.2. The molecule has 1 aromatic carbocycles. The van der Waals surface area contributed by atoms with E-state index in [0.717, 1.165) is 23.2 Å². The number of hydrogen-bond donors (Lipinski definition) is 2. The summed E-state index contributed by atoms with van der Waals surface area (Å²) in [6.45, 7) is 3.15. The number of hydrogen-bond acceptors (Lipinski definition) is 4. The molecule has 0 atom stereocenters. The monoisotopic (exact) mass is 224 g/mol. The summed E-state index contributed by atoms with van der Waals surface area (Å²) in [6.07, 6.45) is 0.628. The number of phenols is 1. The molecule has 0 aliphatic rings. The van der Waals surface area contributed by atoms with Gasteiger partial charge in [0.1, 0.15) is 5.75 Å². The Morgan fingerprint density at radius 2 is 2.06 bits per heavy atom. The lowest BCUT2D eigenvalue weighted by Gasteiger charge is -2.16. The average Bonchev–Trinajstić information content (AvgIpc) is 2.23. The lowest BCUT2D eigenvalue weighted by Crippen LogP contribution is -2.13. The van der Waals surface area contributed by atoms with E-state index in [1.165, 1.54) is 0 Å². The number of nitrogens with zero attached hydrogens (tertiary/aromatic N) is 1. The van der Waals surface area contributed by atoms with Crippen LogP contribution in [0.1, 0.15) is 16.7 Å². The first kappa shape index (κ1) is 13.0. The quantitative estimate of drug-likeness (QED) is 0.738. The van der Waals surface area contributed by atoms with E-state index in [4.69, 9.17) is 5.90 Å². The molecule has 1 aromatic rings. The zero-order chi connectivity index (χ0) is 12.1. The van der Waals surface area contributed by atoms with Gasteiger partial charge >= 0.3 is 0 Å². The van der Waals surface area contributed by atoms with Gasteiger partial charge in [-0.2, -0.15) is 0 Å². The molecule has 0 unspecified atom stereocenters. The van der Waals surface area contributed by atoms with E-state index < -0.39 is 0 Å². The zero-order valence-corrected chi connectivity index (χ0v) is 10.2. The van der Waals surface area contributed by atoms with Crippen LogP contribution in [-0.4, -0.2) is 30.7 Å². The van der Waals surface area contributed by atoms with E-state index in [1.807, 2.05) is 38.1 Å². The molecule has 0 amide bonds. The SMILES string of the molecule is Cc1ccc(CCON)c(O)c1CN(C)C. The lowest BCUT2D eigenvalue weighted by atomic mass is 10.0. The minimum atomic E-state index is 0.366. The topological polar surface area (TPSA) is 58.7 Å². The number of benzene rings is 1. The largest absolute Gasteiger partial charge is 0.507 e. The highest BCUT2D eigenvalue weighted by Gasteiger charge is 2.10. The van der Waals surface area contributed by atoms with Gasteiger partial charge in [-0.05, 0) is 32.1 Å². The second-order valence-electron chi connectivity index (χ2n) is 4.23. The van der Waals surface area contributed by atoms with Crippen molar-refractivity contribution >= 4 is 0 Å². The fraction of sp³-hybridized carbons (Fsp3) is 0.500. The second-order valence-corrected chi connectivity index (χ2v) is 4.23. The molecule has 90 valence electrons. The highest BCUT2D eigenvalue weighted by Crippen LogP contribution is 2.27. The Labute approximate surface area is 96.6 Å². The lowest BCUT2D eigenvalue weighted by molar-refractivity contribution is 0.140. The summed E-state index contributed by atoms with van der Waals surface area (Å²) in [4.78, 5) is 6.56. The molecule has 4 heteroatoms. The van der Waals surface area contributed by atoms with Crippen LogP contribution in [0.25, 0.3) is 0 Å². The molecular weight excluding hydrogens is 204 g/mol. The molecule has 16 heavy (non-hydrogen) atoms. The Balaban J connectivity index is 2.96. The molecule has 0 saturated carbocycles. The summed E-state index contributed by atoms with van der Waals surface area (Å²) in [5.74, 6) is 5.35. The summed E-state index contributed by atoms with van der Waals surface area (Å²) >= 11 is 0. The van der Waals surface area contributed by atoms with Crippen molar-refractivity contribution in [2.75, 3.05) is 20.7 Å². The van der Waals surface area contributed by atoms with Gasteiger partial charge in [-0.15, -0.1) is 0 Å². The van der Waals surface area contributed by atoms with Crippen molar-refractivity contribution in [3.8, 4) is 5.75 Å². The first-order valence-electron chi connectivity index (χ1n) is 5.33. The van der Waals surface area contributed by atoms with E-state index in [9.17, 15) is 5.11 Å². The fourth-order valence-electron chi connectivity index (χ4n) is 1.67. The molecule has 0 spiro atoms. The first-order valence-corrected chi connectivity index (χ1v) is 5.33. The molecule has 0 aromatic heterocycles. The predicted molar refractivity (Wildman–Crippen MR) is 64.1 cm³/mol. The third-order valence-electron chi connectivity index (χ3n) is 2.56. The molecule has 0 heterocycles. The van der Waals surface area contributed by atoms with Crippen molar-refractivity contribution < 1.29 is 9.94 Å². The number of aryl methyl sites for hydroxylation is 1. The first-order chi connectivity index (χ1) is 7.56. The van der Waals surface area contributed by atoms with E-state index in [0.29, 0.717) is 18.8 Å². The second kappa shape index (κ2) is 5.84. The van der Waals surface area contributed by atoms with Crippen molar-refractivity contribution in [2.24, 2.45) is 5.90 Å². The average molecular weight is 224 g/mol. The highest BCUT2D eigenvalue weighted by atomic mass is 16.6. The van der Waals surface area contributed by atoms with Gasteiger partial charge in [-0.3, -0.25) is 0 Å². The molecule has 0 bridgehead atoms. The molecule has 0 aliphatic carbocycles. The molecular formula is C12H20N2O2. The van der Waals surface area contributed by atoms with E-state index in [2.05, 4.69) is 4.84 Å². The number of aromatic hydroxyl groups is 1. The molecule has 0 saturated heterocycles. The Kier molecular flexibility index (Phi) is 4.73. The molecule has 0 radical (unpaired) electrons. The Hall–Kier alpha value is -1.10. The Bertz CT molecular complexity index is 351. The molecule has 1 rings (SSSR count). The van der Waals surface area contributed by atoms with Gasteiger partial charge in [0.2, 0.25) is 0 Å². The van der Waals surface area contributed by atoms with Crippen LogP contribution in [0.15, 0.2) is 12.1 Å². The van der Waals surface area contributed by atoms with E-state index >= 15 is 0 Å². The van der Waals surface area contributed by atoms with Crippen LogP contribution in [0.3, 0.4) is 0 Å². The van der Waals surface area contributed by atoms with Crippen LogP contribution in [0.2, 0.25) is 0 Å². The minimum Gasteiger partial charge on any atom is -0.507 e. The number of rotatable bonds is 5. The van der Waals surface area contributed by atoms with Crippen LogP contribution in [0.4, 0.5) is 0 Å². The molecule has 3 N–H and O–H groups in total. The van der Waals surface area contributed by atoms with Gasteiger partial charge in [0, 0.05) is 18.5 Å². The van der Waals surface area contributed by atoms with Crippen molar-refractivity contribution in [3.63, 3.8) is 0 Å². The summed E-state index contributed by atoms with van der Waals surface area (Å²) < 4.78 is 0. The summed E-state index contributed by atoms with van der Waals surface area (Å²) in [6, 6.07) is 3.94. The van der Waals surface area contributed by atoms with E-state index in [-0.39, 0.29) is 0 Å². The maximum absolute atomic E-state index is 10.1. The number of phenolic OH excluding ortho intramolecular Hbond substituents is 1. The van der Waals surface area contributed by atoms with Crippen LogP contribution in [-0.2, 0) is 17.8 Å². The smallest absolute Gasteiger partial charge is 0.123 e. The molecule has 0 fully saturated rings. The van der Waals surface area contributed by atoms with Gasteiger partial charge in [-0.25, -0.2) is 5.90 Å². The normalized spacial score (nSPS) is 11.1. The summed E-state index contributed by atoms with van der Waals surface area (Å²) in [5.41, 5.74) is 2.95. The fourth-order valence-corrected chi connectivity index (χ4v) is 1.67. The molecule has 4 nitrogen and oxygen atoms in total. The van der Waals surface area contributed by atoms with Crippen LogP contribution < -0.4 is 5.90 Å². The van der Waals surface area contributed by atoms with Crippen LogP contribution >= 0.6 is 0 Å². The van der Waals surface area contributed by atoms with Crippen molar-refractivity contribution in [2.45, 2.75) is 19.9 Å². The van der Waals surface area contributed by atoms with Gasteiger partial charge in [0.25, 0.3) is 0 Å². The maximum Gasteiger partial charge on any atom is 0.123 e. The van der Waals surface area contributed by atoms with Gasteiger partial charge in [0.05, 0.1) is 6.61 Å². The summed E-state index contributed by atoms with van der Waals surface area (Å²) in [5, 5.41) is 10.1. The highest BCUT2D eigenvalue weighted by molar-refractivity contribution is 5.45. The minimum absolute atomic E-state index is 0.366. The molecule has 0 aliphatic heterocycles.